The quantitative estimate of drug-likeness (QED) is 0.673. The van der Waals surface area contributed by atoms with E-state index in [4.69, 9.17) is 15.9 Å². The van der Waals surface area contributed by atoms with Gasteiger partial charge in [-0.15, -0.1) is 0 Å². The number of halogens is 1. The normalized spacial score (nSPS) is 10.2. The summed E-state index contributed by atoms with van der Waals surface area (Å²) in [7, 11) is 3.35. The summed E-state index contributed by atoms with van der Waals surface area (Å²) in [5.74, 6) is 0.501. The van der Waals surface area contributed by atoms with Crippen molar-refractivity contribution in [3.05, 3.63) is 53.3 Å². The summed E-state index contributed by atoms with van der Waals surface area (Å²) < 4.78 is 19.0. The number of nitrogens with two attached hydrogens (primary N) is 1. The van der Waals surface area contributed by atoms with E-state index in [1.54, 1.807) is 32.3 Å². The van der Waals surface area contributed by atoms with E-state index in [1.165, 1.54) is 29.3 Å². The molecule has 0 aromatic heterocycles. The Morgan fingerprint density at radius 1 is 1.32 bits per heavy atom. The zero-order valence-corrected chi connectivity index (χ0v) is 14.2. The number of benzene rings is 2. The first-order valence-corrected chi connectivity index (χ1v) is 7.69. The van der Waals surface area contributed by atoms with E-state index in [1.807, 2.05) is 0 Å². The number of hydrogen-bond donors (Lipinski definition) is 3. The van der Waals surface area contributed by atoms with Gasteiger partial charge in [-0.05, 0) is 36.4 Å². The Morgan fingerprint density at radius 3 is 2.72 bits per heavy atom. The van der Waals surface area contributed by atoms with Gasteiger partial charge in [0.2, 0.25) is 5.91 Å². The molecule has 0 aliphatic rings. The molecule has 1 amide bonds. The third kappa shape index (κ3) is 4.77. The Hall–Kier alpha value is -2.93. The first kappa shape index (κ1) is 18.4. The molecule has 0 aliphatic carbocycles. The van der Waals surface area contributed by atoms with Crippen LogP contribution >= 0.6 is 0 Å². The van der Waals surface area contributed by atoms with Crippen LogP contribution in [0.1, 0.15) is 11.1 Å². The van der Waals surface area contributed by atoms with Gasteiger partial charge in [0.15, 0.2) is 0 Å². The molecule has 0 fully saturated rings. The van der Waals surface area contributed by atoms with E-state index in [9.17, 15) is 9.18 Å². The van der Waals surface area contributed by atoms with Crippen molar-refractivity contribution >= 4 is 17.8 Å². The molecule has 6 nitrogen and oxygen atoms in total. The molecule has 2 aromatic carbocycles. The summed E-state index contributed by atoms with van der Waals surface area (Å²) in [5.41, 5.74) is 7.39. The average Bonchev–Trinajstić information content (AvgIpc) is 2.61. The van der Waals surface area contributed by atoms with Crippen molar-refractivity contribution in [2.24, 2.45) is 5.73 Å². The number of ether oxygens (including phenoxy) is 1. The van der Waals surface area contributed by atoms with Gasteiger partial charge < -0.3 is 26.1 Å². The third-order valence-corrected chi connectivity index (χ3v) is 3.58. The maximum atomic E-state index is 13.3. The van der Waals surface area contributed by atoms with Crippen LogP contribution in [0.2, 0.25) is 0 Å². The number of anilines is 1. The number of carbonyl (C=O) groups is 1. The fourth-order valence-electron chi connectivity index (χ4n) is 2.15. The summed E-state index contributed by atoms with van der Waals surface area (Å²) in [6.07, 6.45) is 1.17. The van der Waals surface area contributed by atoms with Gasteiger partial charge in [0.25, 0.3) is 0 Å². The largest absolute Gasteiger partial charge is 0.457 e. The Kier molecular flexibility index (Phi) is 6.08. The SMILES string of the molecule is CN(C)C(=O)CNc1ccc(Oc2ccc(F)cc2CN)cc1C=N. The number of nitrogens with one attached hydrogen (secondary N) is 2. The van der Waals surface area contributed by atoms with Gasteiger partial charge in [0.1, 0.15) is 17.3 Å². The average molecular weight is 344 g/mol. The van der Waals surface area contributed by atoms with Crippen LogP contribution in [-0.2, 0) is 11.3 Å². The highest BCUT2D eigenvalue weighted by molar-refractivity contribution is 5.88. The number of carbonyl (C=O) groups excluding carboxylic acids is 1. The molecule has 0 atom stereocenters. The van der Waals surface area contributed by atoms with Crippen LogP contribution in [0.4, 0.5) is 10.1 Å². The summed E-state index contributed by atoms with van der Waals surface area (Å²) in [5, 5.41) is 10.6. The molecule has 7 heteroatoms. The minimum absolute atomic E-state index is 0.0739. The standard InChI is InChI=1S/C18H21FN4O2/c1-23(2)18(24)11-22-16-5-4-15(8-12(16)9-20)25-17-6-3-14(19)7-13(17)10-21/h3-9,20,22H,10-11,21H2,1-2H3. The highest BCUT2D eigenvalue weighted by Gasteiger charge is 2.09. The van der Waals surface area contributed by atoms with Gasteiger partial charge in [0.05, 0.1) is 6.54 Å². The fourth-order valence-corrected chi connectivity index (χ4v) is 2.15. The Morgan fingerprint density at radius 2 is 2.08 bits per heavy atom. The Labute approximate surface area is 145 Å². The summed E-state index contributed by atoms with van der Waals surface area (Å²) >= 11 is 0. The van der Waals surface area contributed by atoms with Crippen LogP contribution in [0.25, 0.3) is 0 Å². The zero-order chi connectivity index (χ0) is 18.4. The van der Waals surface area contributed by atoms with Crippen molar-refractivity contribution in [3.63, 3.8) is 0 Å². The van der Waals surface area contributed by atoms with E-state index < -0.39 is 0 Å². The highest BCUT2D eigenvalue weighted by Crippen LogP contribution is 2.28. The molecule has 0 saturated heterocycles. The van der Waals surface area contributed by atoms with Crippen LogP contribution in [0.5, 0.6) is 11.5 Å². The van der Waals surface area contributed by atoms with Gasteiger partial charge >= 0.3 is 0 Å². The zero-order valence-electron chi connectivity index (χ0n) is 14.2. The van der Waals surface area contributed by atoms with Gasteiger partial charge in [0, 0.05) is 43.7 Å². The molecule has 0 spiro atoms. The number of nitrogens with zero attached hydrogens (tertiary/aromatic N) is 1. The number of rotatable bonds is 7. The highest BCUT2D eigenvalue weighted by atomic mass is 19.1. The summed E-state index contributed by atoms with van der Waals surface area (Å²) in [4.78, 5) is 13.1. The monoisotopic (exact) mass is 344 g/mol. The van der Waals surface area contributed by atoms with Crippen LogP contribution in [-0.4, -0.2) is 37.7 Å². The number of hydrogen-bond acceptors (Lipinski definition) is 5. The predicted molar refractivity (Wildman–Crippen MR) is 95.9 cm³/mol. The van der Waals surface area contributed by atoms with E-state index in [0.717, 1.165) is 0 Å². The summed E-state index contributed by atoms with van der Waals surface area (Å²) in [6, 6.07) is 9.25. The first-order chi connectivity index (χ1) is 11.9. The molecule has 4 N–H and O–H groups in total. The second-order valence-corrected chi connectivity index (χ2v) is 5.59. The summed E-state index contributed by atoms with van der Waals surface area (Å²) in [6.45, 7) is 0.278. The van der Waals surface area contributed by atoms with Crippen molar-refractivity contribution in [2.45, 2.75) is 6.54 Å². The Balaban J connectivity index is 2.18. The molecule has 0 radical (unpaired) electrons. The molecule has 0 aliphatic heterocycles. The smallest absolute Gasteiger partial charge is 0.241 e. The van der Waals surface area contributed by atoms with Gasteiger partial charge in [-0.25, -0.2) is 4.39 Å². The van der Waals surface area contributed by atoms with Crippen molar-refractivity contribution in [3.8, 4) is 11.5 Å². The van der Waals surface area contributed by atoms with E-state index in [2.05, 4.69) is 5.32 Å². The number of amides is 1. The molecule has 25 heavy (non-hydrogen) atoms. The first-order valence-electron chi connectivity index (χ1n) is 7.69. The van der Waals surface area contributed by atoms with E-state index >= 15 is 0 Å². The van der Waals surface area contributed by atoms with Crippen molar-refractivity contribution in [1.29, 1.82) is 5.41 Å². The van der Waals surface area contributed by atoms with Crippen LogP contribution in [0.15, 0.2) is 36.4 Å². The minimum Gasteiger partial charge on any atom is -0.457 e. The molecule has 0 saturated carbocycles. The molecule has 0 unspecified atom stereocenters. The molecule has 2 rings (SSSR count). The third-order valence-electron chi connectivity index (χ3n) is 3.58. The second-order valence-electron chi connectivity index (χ2n) is 5.59. The molecule has 2 aromatic rings. The van der Waals surface area contributed by atoms with Gasteiger partial charge in [-0.3, -0.25) is 4.79 Å². The lowest BCUT2D eigenvalue weighted by Crippen LogP contribution is -2.28. The Bertz CT molecular complexity index is 778. The van der Waals surface area contributed by atoms with E-state index in [-0.39, 0.29) is 24.8 Å². The van der Waals surface area contributed by atoms with Crippen LogP contribution in [0, 0.1) is 11.2 Å². The molecule has 0 bridgehead atoms. The fraction of sp³-hybridized carbons (Fsp3) is 0.222. The maximum Gasteiger partial charge on any atom is 0.241 e. The lowest BCUT2D eigenvalue weighted by atomic mass is 10.1. The molecular formula is C18H21FN4O2. The minimum atomic E-state index is -0.377. The van der Waals surface area contributed by atoms with Crippen molar-refractivity contribution in [2.75, 3.05) is 26.0 Å². The van der Waals surface area contributed by atoms with Crippen LogP contribution < -0.4 is 15.8 Å². The molecular weight excluding hydrogens is 323 g/mol. The molecule has 0 heterocycles. The number of likely N-dealkylation sites (N-methyl/N-ethyl adjacent to an activating group) is 1. The topological polar surface area (TPSA) is 91.4 Å². The predicted octanol–water partition coefficient (Wildman–Crippen LogP) is 2.57. The van der Waals surface area contributed by atoms with Crippen LogP contribution in [0.3, 0.4) is 0 Å². The maximum absolute atomic E-state index is 13.3. The lowest BCUT2D eigenvalue weighted by Gasteiger charge is -2.15. The van der Waals surface area contributed by atoms with Crippen molar-refractivity contribution in [1.82, 2.24) is 4.90 Å². The second kappa shape index (κ2) is 8.25. The van der Waals surface area contributed by atoms with Crippen molar-refractivity contribution < 1.29 is 13.9 Å². The molecule has 132 valence electrons. The van der Waals surface area contributed by atoms with E-state index in [0.29, 0.717) is 28.3 Å². The lowest BCUT2D eigenvalue weighted by molar-refractivity contribution is -0.126. The van der Waals surface area contributed by atoms with Gasteiger partial charge in [-0.1, -0.05) is 0 Å². The van der Waals surface area contributed by atoms with Gasteiger partial charge in [-0.2, -0.15) is 0 Å².